The standard InChI is InChI=1S/C13H15F2NO2/c1-8(11-6-3-7-18-11)16-13(17)12-9(14)4-2-5-10(12)15/h2,4-5,8,11H,3,6-7H2,1H3,(H,16,17)/t8-,11-/m0/s1. The van der Waals surface area contributed by atoms with Crippen molar-refractivity contribution in [1.82, 2.24) is 5.32 Å². The summed E-state index contributed by atoms with van der Waals surface area (Å²) in [5.41, 5.74) is -0.539. The predicted octanol–water partition coefficient (Wildman–Crippen LogP) is 2.26. The lowest BCUT2D eigenvalue weighted by Gasteiger charge is -2.20. The highest BCUT2D eigenvalue weighted by atomic mass is 19.1. The third-order valence-electron chi connectivity index (χ3n) is 3.07. The summed E-state index contributed by atoms with van der Waals surface area (Å²) < 4.78 is 32.2. The molecule has 1 fully saturated rings. The van der Waals surface area contributed by atoms with Gasteiger partial charge >= 0.3 is 0 Å². The van der Waals surface area contributed by atoms with Gasteiger partial charge in [0.15, 0.2) is 0 Å². The summed E-state index contributed by atoms with van der Waals surface area (Å²) in [7, 11) is 0. The van der Waals surface area contributed by atoms with Crippen molar-refractivity contribution in [1.29, 1.82) is 0 Å². The van der Waals surface area contributed by atoms with Crippen LogP contribution in [-0.2, 0) is 4.74 Å². The van der Waals surface area contributed by atoms with Gasteiger partial charge in [-0.15, -0.1) is 0 Å². The normalized spacial score (nSPS) is 20.7. The van der Waals surface area contributed by atoms with Crippen LogP contribution in [0.3, 0.4) is 0 Å². The summed E-state index contributed by atoms with van der Waals surface area (Å²) in [6, 6.07) is 3.09. The topological polar surface area (TPSA) is 38.3 Å². The van der Waals surface area contributed by atoms with Crippen molar-refractivity contribution < 1.29 is 18.3 Å². The zero-order chi connectivity index (χ0) is 13.1. The fraction of sp³-hybridized carbons (Fsp3) is 0.462. The first-order valence-corrected chi connectivity index (χ1v) is 5.96. The highest BCUT2D eigenvalue weighted by Gasteiger charge is 2.26. The van der Waals surface area contributed by atoms with E-state index < -0.39 is 23.1 Å². The molecular weight excluding hydrogens is 240 g/mol. The molecule has 2 rings (SSSR count). The summed E-state index contributed by atoms with van der Waals surface area (Å²) in [5, 5.41) is 2.58. The molecule has 0 bridgehead atoms. The number of carbonyl (C=O) groups is 1. The lowest BCUT2D eigenvalue weighted by atomic mass is 10.1. The van der Waals surface area contributed by atoms with Crippen molar-refractivity contribution in [3.8, 4) is 0 Å². The van der Waals surface area contributed by atoms with Crippen LogP contribution < -0.4 is 5.32 Å². The van der Waals surface area contributed by atoms with Crippen molar-refractivity contribution in [2.45, 2.75) is 31.9 Å². The second-order valence-corrected chi connectivity index (χ2v) is 4.41. The van der Waals surface area contributed by atoms with E-state index in [1.165, 1.54) is 6.07 Å². The van der Waals surface area contributed by atoms with E-state index in [2.05, 4.69) is 5.32 Å². The largest absolute Gasteiger partial charge is 0.376 e. The van der Waals surface area contributed by atoms with Crippen LogP contribution in [0.5, 0.6) is 0 Å². The van der Waals surface area contributed by atoms with Gasteiger partial charge in [0.05, 0.1) is 12.1 Å². The van der Waals surface area contributed by atoms with Gasteiger partial charge in [-0.3, -0.25) is 4.79 Å². The molecule has 0 spiro atoms. The summed E-state index contributed by atoms with van der Waals surface area (Å²) in [4.78, 5) is 11.8. The smallest absolute Gasteiger partial charge is 0.257 e. The molecule has 5 heteroatoms. The molecule has 0 saturated carbocycles. The molecule has 1 saturated heterocycles. The van der Waals surface area contributed by atoms with Gasteiger partial charge in [0.2, 0.25) is 0 Å². The van der Waals surface area contributed by atoms with Gasteiger partial charge < -0.3 is 10.1 Å². The highest BCUT2D eigenvalue weighted by Crippen LogP contribution is 2.17. The monoisotopic (exact) mass is 255 g/mol. The highest BCUT2D eigenvalue weighted by molar-refractivity contribution is 5.94. The molecule has 1 amide bonds. The fourth-order valence-corrected chi connectivity index (χ4v) is 2.08. The van der Waals surface area contributed by atoms with Crippen LogP contribution >= 0.6 is 0 Å². The van der Waals surface area contributed by atoms with Crippen molar-refractivity contribution in [3.05, 3.63) is 35.4 Å². The number of hydrogen-bond acceptors (Lipinski definition) is 2. The number of hydrogen-bond donors (Lipinski definition) is 1. The first-order valence-electron chi connectivity index (χ1n) is 5.96. The molecule has 1 heterocycles. The zero-order valence-corrected chi connectivity index (χ0v) is 10.1. The number of halogens is 2. The fourth-order valence-electron chi connectivity index (χ4n) is 2.08. The molecule has 98 valence electrons. The first kappa shape index (κ1) is 13.0. The Morgan fingerprint density at radius 3 is 2.67 bits per heavy atom. The van der Waals surface area contributed by atoms with Crippen LogP contribution in [0, 0.1) is 11.6 Å². The average Bonchev–Trinajstić information content (AvgIpc) is 2.81. The predicted molar refractivity (Wildman–Crippen MR) is 62.3 cm³/mol. The molecule has 18 heavy (non-hydrogen) atoms. The molecule has 1 N–H and O–H groups in total. The molecule has 0 aromatic heterocycles. The van der Waals surface area contributed by atoms with Crippen LogP contribution in [0.15, 0.2) is 18.2 Å². The Morgan fingerprint density at radius 2 is 2.11 bits per heavy atom. The number of amides is 1. The Bertz CT molecular complexity index is 424. The van der Waals surface area contributed by atoms with Gasteiger partial charge in [0, 0.05) is 6.61 Å². The molecule has 1 aromatic rings. The summed E-state index contributed by atoms with van der Waals surface area (Å²) >= 11 is 0. The average molecular weight is 255 g/mol. The Morgan fingerprint density at radius 1 is 1.44 bits per heavy atom. The minimum atomic E-state index is -0.855. The van der Waals surface area contributed by atoms with E-state index >= 15 is 0 Å². The number of benzene rings is 1. The van der Waals surface area contributed by atoms with E-state index in [9.17, 15) is 13.6 Å². The maximum atomic E-state index is 13.4. The van der Waals surface area contributed by atoms with E-state index in [0.29, 0.717) is 6.61 Å². The Hall–Kier alpha value is -1.49. The first-order chi connectivity index (χ1) is 8.59. The molecule has 0 aliphatic carbocycles. The van der Waals surface area contributed by atoms with Crippen LogP contribution in [0.4, 0.5) is 8.78 Å². The van der Waals surface area contributed by atoms with Gasteiger partial charge in [-0.25, -0.2) is 8.78 Å². The maximum Gasteiger partial charge on any atom is 0.257 e. The number of carbonyl (C=O) groups excluding carboxylic acids is 1. The molecule has 1 aliphatic rings. The SMILES string of the molecule is C[C@H](NC(=O)c1c(F)cccc1F)[C@@H]1CCCO1. The quantitative estimate of drug-likeness (QED) is 0.899. The van der Waals surface area contributed by atoms with Crippen LogP contribution in [0.1, 0.15) is 30.1 Å². The lowest BCUT2D eigenvalue weighted by Crippen LogP contribution is -2.41. The Kier molecular flexibility index (Phi) is 3.91. The molecule has 2 atom stereocenters. The third-order valence-corrected chi connectivity index (χ3v) is 3.07. The molecule has 1 aliphatic heterocycles. The number of nitrogens with one attached hydrogen (secondary N) is 1. The third kappa shape index (κ3) is 2.67. The van der Waals surface area contributed by atoms with Gasteiger partial charge in [0.25, 0.3) is 5.91 Å². The molecule has 1 aromatic carbocycles. The minimum absolute atomic E-state index is 0.0798. The van der Waals surface area contributed by atoms with Crippen molar-refractivity contribution in [3.63, 3.8) is 0 Å². The minimum Gasteiger partial charge on any atom is -0.376 e. The van der Waals surface area contributed by atoms with Crippen molar-refractivity contribution >= 4 is 5.91 Å². The summed E-state index contributed by atoms with van der Waals surface area (Å²) in [6.45, 7) is 2.44. The lowest BCUT2D eigenvalue weighted by molar-refractivity contribution is 0.0707. The van der Waals surface area contributed by atoms with Gasteiger partial charge in [-0.05, 0) is 31.9 Å². The second-order valence-electron chi connectivity index (χ2n) is 4.41. The number of ether oxygens (including phenoxy) is 1. The van der Waals surface area contributed by atoms with Crippen LogP contribution in [0.25, 0.3) is 0 Å². The number of rotatable bonds is 3. The van der Waals surface area contributed by atoms with Crippen LogP contribution in [0.2, 0.25) is 0 Å². The second kappa shape index (κ2) is 5.44. The summed E-state index contributed by atoms with van der Waals surface area (Å²) in [5.74, 6) is -2.45. The maximum absolute atomic E-state index is 13.4. The van der Waals surface area contributed by atoms with Gasteiger partial charge in [-0.1, -0.05) is 6.07 Å². The molecule has 0 unspecified atom stereocenters. The molecule has 3 nitrogen and oxygen atoms in total. The van der Waals surface area contributed by atoms with E-state index in [1.807, 2.05) is 0 Å². The van der Waals surface area contributed by atoms with E-state index in [0.717, 1.165) is 25.0 Å². The van der Waals surface area contributed by atoms with E-state index in [1.54, 1.807) is 6.92 Å². The van der Waals surface area contributed by atoms with Gasteiger partial charge in [-0.2, -0.15) is 0 Å². The Labute approximate surface area is 104 Å². The van der Waals surface area contributed by atoms with Crippen molar-refractivity contribution in [2.75, 3.05) is 6.61 Å². The summed E-state index contributed by atoms with van der Waals surface area (Å²) in [6.07, 6.45) is 1.71. The Balaban J connectivity index is 2.07. The van der Waals surface area contributed by atoms with Crippen molar-refractivity contribution in [2.24, 2.45) is 0 Å². The molecule has 0 radical (unpaired) electrons. The zero-order valence-electron chi connectivity index (χ0n) is 10.1. The van der Waals surface area contributed by atoms with Crippen LogP contribution in [-0.4, -0.2) is 24.7 Å². The van der Waals surface area contributed by atoms with Gasteiger partial charge in [0.1, 0.15) is 17.2 Å². The van der Waals surface area contributed by atoms with E-state index in [4.69, 9.17) is 4.74 Å². The van der Waals surface area contributed by atoms with E-state index in [-0.39, 0.29) is 12.1 Å². The molecular formula is C13H15F2NO2.